The number of carbonyl (C=O) groups is 2. The molecule has 5 rings (SSSR count). The summed E-state index contributed by atoms with van der Waals surface area (Å²) < 4.78 is 1.80. The van der Waals surface area contributed by atoms with Crippen molar-refractivity contribution in [2.24, 2.45) is 0 Å². The van der Waals surface area contributed by atoms with Crippen LogP contribution in [0.4, 0.5) is 5.69 Å². The Balaban J connectivity index is 1.43. The number of aromatic nitrogens is 2. The van der Waals surface area contributed by atoms with Crippen LogP contribution < -0.4 is 16.2 Å². The van der Waals surface area contributed by atoms with E-state index in [9.17, 15) is 14.4 Å². The molecule has 0 saturated carbocycles. The molecule has 0 spiro atoms. The van der Waals surface area contributed by atoms with E-state index in [0.29, 0.717) is 40.0 Å². The third-order valence-electron chi connectivity index (χ3n) is 6.49. The molecule has 1 aromatic carbocycles. The van der Waals surface area contributed by atoms with Gasteiger partial charge in [-0.3, -0.25) is 19.0 Å². The number of nitrogens with one attached hydrogen (secondary N) is 2. The zero-order chi connectivity index (χ0) is 22.4. The Morgan fingerprint density at radius 3 is 2.88 bits per heavy atom. The lowest BCUT2D eigenvalue weighted by molar-refractivity contribution is -0.116. The lowest BCUT2D eigenvalue weighted by atomic mass is 9.97. The van der Waals surface area contributed by atoms with Gasteiger partial charge in [-0.05, 0) is 55.9 Å². The van der Waals surface area contributed by atoms with Gasteiger partial charge in [0.25, 0.3) is 11.5 Å². The quantitative estimate of drug-likeness (QED) is 0.634. The monoisotopic (exact) mass is 450 g/mol. The highest BCUT2D eigenvalue weighted by Gasteiger charge is 2.24. The molecule has 4 heterocycles. The first-order valence-corrected chi connectivity index (χ1v) is 12.0. The van der Waals surface area contributed by atoms with Crippen LogP contribution in [-0.4, -0.2) is 21.4 Å². The molecule has 0 radical (unpaired) electrons. The molecule has 0 fully saturated rings. The second-order valence-corrected chi connectivity index (χ2v) is 9.69. The van der Waals surface area contributed by atoms with Gasteiger partial charge in [-0.1, -0.05) is 18.6 Å². The summed E-state index contributed by atoms with van der Waals surface area (Å²) in [5, 5.41) is 6.53. The number of thiophene rings is 1. The number of carbonyl (C=O) groups excluding carboxylic acids is 2. The van der Waals surface area contributed by atoms with Crippen molar-refractivity contribution in [2.75, 3.05) is 5.32 Å². The molecule has 166 valence electrons. The summed E-state index contributed by atoms with van der Waals surface area (Å²) in [6, 6.07) is 5.66. The van der Waals surface area contributed by atoms with Gasteiger partial charge < -0.3 is 10.6 Å². The molecule has 3 aromatic rings. The number of anilines is 1. The highest BCUT2D eigenvalue weighted by Crippen LogP contribution is 2.30. The SMILES string of the molecule is Cc1c(C(=O)NC(C)c2ccc3c(c2)CCC(=O)N3)sc2nc3n(c(=O)c12)CCCCC3. The Kier molecular flexibility index (Phi) is 5.33. The molecule has 0 saturated heterocycles. The number of hydrogen-bond donors (Lipinski definition) is 2. The number of amides is 2. The number of fused-ring (bicyclic) bond motifs is 3. The molecule has 2 aliphatic heterocycles. The average molecular weight is 451 g/mol. The first kappa shape index (κ1) is 20.9. The van der Waals surface area contributed by atoms with Crippen LogP contribution in [0.2, 0.25) is 0 Å². The molecular formula is C24H26N4O3S. The van der Waals surface area contributed by atoms with Gasteiger partial charge in [0.15, 0.2) is 0 Å². The summed E-state index contributed by atoms with van der Waals surface area (Å²) in [4.78, 5) is 43.8. The predicted molar refractivity (Wildman–Crippen MR) is 125 cm³/mol. The minimum atomic E-state index is -0.208. The van der Waals surface area contributed by atoms with Crippen molar-refractivity contribution in [2.45, 2.75) is 65.0 Å². The van der Waals surface area contributed by atoms with Gasteiger partial charge in [-0.2, -0.15) is 0 Å². The van der Waals surface area contributed by atoms with Crippen LogP contribution >= 0.6 is 11.3 Å². The smallest absolute Gasteiger partial charge is 0.262 e. The van der Waals surface area contributed by atoms with Crippen LogP contribution in [-0.2, 0) is 24.2 Å². The molecular weight excluding hydrogens is 424 g/mol. The largest absolute Gasteiger partial charge is 0.345 e. The van der Waals surface area contributed by atoms with Crippen LogP contribution in [0.25, 0.3) is 10.2 Å². The number of hydrogen-bond acceptors (Lipinski definition) is 5. The van der Waals surface area contributed by atoms with Crippen molar-refractivity contribution in [3.63, 3.8) is 0 Å². The highest BCUT2D eigenvalue weighted by molar-refractivity contribution is 7.20. The number of aryl methyl sites for hydroxylation is 3. The second kappa shape index (κ2) is 8.16. The average Bonchev–Trinajstić information content (AvgIpc) is 2.94. The Labute approximate surface area is 189 Å². The third kappa shape index (κ3) is 3.62. The van der Waals surface area contributed by atoms with Gasteiger partial charge >= 0.3 is 0 Å². The lowest BCUT2D eigenvalue weighted by Gasteiger charge is -2.20. The Morgan fingerprint density at radius 1 is 1.19 bits per heavy atom. The third-order valence-corrected chi connectivity index (χ3v) is 7.67. The van der Waals surface area contributed by atoms with Crippen LogP contribution in [0.5, 0.6) is 0 Å². The van der Waals surface area contributed by atoms with Gasteiger partial charge in [0.05, 0.1) is 16.3 Å². The zero-order valence-corrected chi connectivity index (χ0v) is 19.1. The minimum absolute atomic E-state index is 0.0236. The summed E-state index contributed by atoms with van der Waals surface area (Å²) in [5.74, 6) is 0.681. The van der Waals surface area contributed by atoms with Gasteiger partial charge in [-0.15, -0.1) is 11.3 Å². The molecule has 8 heteroatoms. The first-order chi connectivity index (χ1) is 15.4. The predicted octanol–water partition coefficient (Wildman–Crippen LogP) is 3.87. The molecule has 2 aromatic heterocycles. The van der Waals surface area contributed by atoms with Crippen molar-refractivity contribution in [3.05, 3.63) is 55.9 Å². The Hall–Kier alpha value is -3.00. The summed E-state index contributed by atoms with van der Waals surface area (Å²) >= 11 is 1.30. The molecule has 1 atom stereocenters. The van der Waals surface area contributed by atoms with Crippen molar-refractivity contribution in [3.8, 4) is 0 Å². The van der Waals surface area contributed by atoms with Crippen LogP contribution in [0, 0.1) is 6.92 Å². The number of benzene rings is 1. The standard InChI is InChI=1S/C24H26N4O3S/c1-13-20-23(27-18-6-4-3-5-11-28(18)24(20)31)32-21(13)22(30)25-14(2)15-7-9-17-16(12-15)8-10-19(29)26-17/h7,9,12,14H,3-6,8,10-11H2,1-2H3,(H,25,30)(H,26,29). The fourth-order valence-corrected chi connectivity index (χ4v) is 5.74. The molecule has 2 aliphatic rings. The van der Waals surface area contributed by atoms with Crippen molar-refractivity contribution < 1.29 is 9.59 Å². The molecule has 2 amide bonds. The van der Waals surface area contributed by atoms with E-state index in [1.165, 1.54) is 11.3 Å². The maximum Gasteiger partial charge on any atom is 0.262 e. The van der Waals surface area contributed by atoms with E-state index in [1.54, 1.807) is 4.57 Å². The zero-order valence-electron chi connectivity index (χ0n) is 18.3. The van der Waals surface area contributed by atoms with E-state index < -0.39 is 0 Å². The summed E-state index contributed by atoms with van der Waals surface area (Å²) in [5.41, 5.74) is 3.59. The van der Waals surface area contributed by atoms with Gasteiger partial charge in [0.1, 0.15) is 10.7 Å². The van der Waals surface area contributed by atoms with Crippen molar-refractivity contribution in [1.29, 1.82) is 0 Å². The first-order valence-electron chi connectivity index (χ1n) is 11.2. The van der Waals surface area contributed by atoms with Crippen LogP contribution in [0.3, 0.4) is 0 Å². The Bertz CT molecular complexity index is 1310. The summed E-state index contributed by atoms with van der Waals surface area (Å²) in [7, 11) is 0. The number of rotatable bonds is 3. The fourth-order valence-electron chi connectivity index (χ4n) is 4.64. The van der Waals surface area contributed by atoms with E-state index in [-0.39, 0.29) is 23.4 Å². The van der Waals surface area contributed by atoms with Gasteiger partial charge in [-0.25, -0.2) is 4.98 Å². The van der Waals surface area contributed by atoms with Crippen LogP contribution in [0.1, 0.15) is 70.8 Å². The molecule has 7 nitrogen and oxygen atoms in total. The second-order valence-electron chi connectivity index (χ2n) is 8.69. The van der Waals surface area contributed by atoms with Crippen molar-refractivity contribution >= 4 is 39.1 Å². The maximum absolute atomic E-state index is 13.2. The van der Waals surface area contributed by atoms with Gasteiger partial charge in [0.2, 0.25) is 5.91 Å². The molecule has 1 unspecified atom stereocenters. The Morgan fingerprint density at radius 2 is 2.03 bits per heavy atom. The normalized spacial score (nSPS) is 16.6. The molecule has 32 heavy (non-hydrogen) atoms. The van der Waals surface area contributed by atoms with E-state index in [2.05, 4.69) is 10.6 Å². The minimum Gasteiger partial charge on any atom is -0.345 e. The van der Waals surface area contributed by atoms with E-state index in [4.69, 9.17) is 4.98 Å². The van der Waals surface area contributed by atoms with Crippen LogP contribution in [0.15, 0.2) is 23.0 Å². The summed E-state index contributed by atoms with van der Waals surface area (Å²) in [6.45, 7) is 4.48. The van der Waals surface area contributed by atoms with E-state index in [0.717, 1.165) is 48.3 Å². The highest BCUT2D eigenvalue weighted by atomic mass is 32.1. The maximum atomic E-state index is 13.2. The topological polar surface area (TPSA) is 93.1 Å². The van der Waals surface area contributed by atoms with Crippen molar-refractivity contribution in [1.82, 2.24) is 14.9 Å². The van der Waals surface area contributed by atoms with E-state index >= 15 is 0 Å². The summed E-state index contributed by atoms with van der Waals surface area (Å²) in [6.07, 6.45) is 5.11. The van der Waals surface area contributed by atoms with E-state index in [1.807, 2.05) is 32.0 Å². The number of nitrogens with zero attached hydrogens (tertiary/aromatic N) is 2. The molecule has 0 bridgehead atoms. The fraction of sp³-hybridized carbons (Fsp3) is 0.417. The molecule has 2 N–H and O–H groups in total. The van der Waals surface area contributed by atoms with Gasteiger partial charge in [0, 0.05) is 25.1 Å². The molecule has 0 aliphatic carbocycles. The lowest BCUT2D eigenvalue weighted by Crippen LogP contribution is -2.27.